The van der Waals surface area contributed by atoms with Crippen molar-refractivity contribution in [1.29, 1.82) is 0 Å². The van der Waals surface area contributed by atoms with Gasteiger partial charge in [-0.15, -0.1) is 0 Å². The summed E-state index contributed by atoms with van der Waals surface area (Å²) in [5, 5.41) is 1.38. The average Bonchev–Trinajstić information content (AvgIpc) is 2.50. The van der Waals surface area contributed by atoms with Gasteiger partial charge in [0.25, 0.3) is 0 Å². The summed E-state index contributed by atoms with van der Waals surface area (Å²) < 4.78 is 41.7. The van der Waals surface area contributed by atoms with Crippen LogP contribution in [0.15, 0.2) is 36.4 Å². The SMILES string of the molecule is COc1ccc2cc([C@H](C)C(=O)SCC(F)(F)F)ccc2c1. The Hall–Kier alpha value is -1.69. The van der Waals surface area contributed by atoms with Gasteiger partial charge in [0.05, 0.1) is 18.8 Å². The molecule has 2 nitrogen and oxygen atoms in total. The fraction of sp³-hybridized carbons (Fsp3) is 0.312. The second-order valence-electron chi connectivity index (χ2n) is 4.92. The summed E-state index contributed by atoms with van der Waals surface area (Å²) in [6.07, 6.45) is -4.33. The van der Waals surface area contributed by atoms with Gasteiger partial charge in [0.1, 0.15) is 5.75 Å². The van der Waals surface area contributed by atoms with Gasteiger partial charge in [-0.2, -0.15) is 13.2 Å². The van der Waals surface area contributed by atoms with Crippen LogP contribution in [-0.4, -0.2) is 24.2 Å². The average molecular weight is 328 g/mol. The molecule has 0 unspecified atom stereocenters. The minimum atomic E-state index is -4.33. The molecule has 118 valence electrons. The number of carbonyl (C=O) groups excluding carboxylic acids is 1. The van der Waals surface area contributed by atoms with Gasteiger partial charge >= 0.3 is 6.18 Å². The minimum Gasteiger partial charge on any atom is -0.497 e. The molecule has 0 aliphatic carbocycles. The highest BCUT2D eigenvalue weighted by molar-refractivity contribution is 8.13. The summed E-state index contributed by atoms with van der Waals surface area (Å²) in [5.74, 6) is -1.01. The first-order valence-electron chi connectivity index (χ1n) is 6.61. The maximum atomic E-state index is 12.2. The summed E-state index contributed by atoms with van der Waals surface area (Å²) in [6.45, 7) is 1.62. The molecule has 0 aliphatic rings. The molecule has 0 N–H and O–H groups in total. The van der Waals surface area contributed by atoms with Gasteiger partial charge in [-0.05, 0) is 28.5 Å². The lowest BCUT2D eigenvalue weighted by molar-refractivity contribution is -0.114. The normalized spacial score (nSPS) is 13.1. The van der Waals surface area contributed by atoms with Crippen LogP contribution in [0.25, 0.3) is 10.8 Å². The van der Waals surface area contributed by atoms with Crippen molar-refractivity contribution < 1.29 is 22.7 Å². The summed E-state index contributed by atoms with van der Waals surface area (Å²) >= 11 is 0.314. The second kappa shape index (κ2) is 6.60. The molecule has 0 amide bonds. The lowest BCUT2D eigenvalue weighted by Crippen LogP contribution is -2.15. The van der Waals surface area contributed by atoms with E-state index in [0.717, 1.165) is 16.5 Å². The van der Waals surface area contributed by atoms with Crippen molar-refractivity contribution in [3.63, 3.8) is 0 Å². The van der Waals surface area contributed by atoms with E-state index in [1.54, 1.807) is 26.2 Å². The van der Waals surface area contributed by atoms with Crippen LogP contribution in [0.4, 0.5) is 13.2 Å². The molecule has 0 saturated carbocycles. The van der Waals surface area contributed by atoms with E-state index in [9.17, 15) is 18.0 Å². The van der Waals surface area contributed by atoms with E-state index in [1.807, 2.05) is 24.3 Å². The zero-order valence-corrected chi connectivity index (χ0v) is 12.9. The monoisotopic (exact) mass is 328 g/mol. The molecule has 6 heteroatoms. The molecule has 2 aromatic rings. The first kappa shape index (κ1) is 16.7. The third-order valence-electron chi connectivity index (χ3n) is 3.30. The van der Waals surface area contributed by atoms with Gasteiger partial charge in [0.2, 0.25) is 0 Å². The Morgan fingerprint density at radius 2 is 1.82 bits per heavy atom. The number of fused-ring (bicyclic) bond motifs is 1. The summed E-state index contributed by atoms with van der Waals surface area (Å²) in [7, 11) is 1.58. The molecule has 0 aromatic heterocycles. The fourth-order valence-corrected chi connectivity index (χ4v) is 2.74. The molecular weight excluding hydrogens is 313 g/mol. The fourth-order valence-electron chi connectivity index (χ4n) is 2.05. The van der Waals surface area contributed by atoms with E-state index < -0.39 is 23.0 Å². The molecule has 0 heterocycles. The van der Waals surface area contributed by atoms with Crippen LogP contribution in [0.3, 0.4) is 0 Å². The standard InChI is InChI=1S/C16H15F3O2S/c1-10(15(20)22-9-16(17,18)19)11-3-4-13-8-14(21-2)6-5-12(13)7-11/h3-8,10H,9H2,1-2H3/t10-/m0/s1. The smallest absolute Gasteiger partial charge is 0.398 e. The number of rotatable bonds is 4. The quantitative estimate of drug-likeness (QED) is 0.808. The number of hydrogen-bond acceptors (Lipinski definition) is 3. The van der Waals surface area contributed by atoms with Gasteiger partial charge in [-0.1, -0.05) is 43.0 Å². The molecule has 1 atom stereocenters. The molecule has 0 bridgehead atoms. The van der Waals surface area contributed by atoms with Crippen LogP contribution in [0.1, 0.15) is 18.4 Å². The van der Waals surface area contributed by atoms with Crippen LogP contribution in [0.5, 0.6) is 5.75 Å². The largest absolute Gasteiger partial charge is 0.497 e. The summed E-state index contributed by atoms with van der Waals surface area (Å²) in [5.41, 5.74) is 0.706. The number of hydrogen-bond donors (Lipinski definition) is 0. The molecule has 2 aromatic carbocycles. The molecule has 0 spiro atoms. The zero-order chi connectivity index (χ0) is 16.3. The maximum absolute atomic E-state index is 12.2. The number of carbonyl (C=O) groups is 1. The van der Waals surface area contributed by atoms with E-state index in [4.69, 9.17) is 4.74 Å². The lowest BCUT2D eigenvalue weighted by Gasteiger charge is -2.12. The van der Waals surface area contributed by atoms with E-state index in [1.165, 1.54) is 0 Å². The zero-order valence-electron chi connectivity index (χ0n) is 12.1. The molecule has 0 aliphatic heterocycles. The van der Waals surface area contributed by atoms with Crippen molar-refractivity contribution in [3.8, 4) is 5.75 Å². The lowest BCUT2D eigenvalue weighted by atomic mass is 9.99. The predicted octanol–water partition coefficient (Wildman–Crippen LogP) is 4.77. The van der Waals surface area contributed by atoms with Crippen molar-refractivity contribution in [2.75, 3.05) is 12.9 Å². The Morgan fingerprint density at radius 3 is 2.45 bits per heavy atom. The Kier molecular flexibility index (Phi) is 5.01. The van der Waals surface area contributed by atoms with Crippen LogP contribution in [0.2, 0.25) is 0 Å². The molecule has 0 saturated heterocycles. The highest BCUT2D eigenvalue weighted by Gasteiger charge is 2.30. The molecule has 2 rings (SSSR count). The number of alkyl halides is 3. The first-order chi connectivity index (χ1) is 10.3. The van der Waals surface area contributed by atoms with Crippen molar-refractivity contribution in [2.24, 2.45) is 0 Å². The van der Waals surface area contributed by atoms with Crippen molar-refractivity contribution in [1.82, 2.24) is 0 Å². The maximum Gasteiger partial charge on any atom is 0.398 e. The van der Waals surface area contributed by atoms with Gasteiger partial charge in [-0.3, -0.25) is 4.79 Å². The number of methoxy groups -OCH3 is 1. The van der Waals surface area contributed by atoms with Crippen molar-refractivity contribution in [2.45, 2.75) is 19.0 Å². The Bertz CT molecular complexity index is 683. The van der Waals surface area contributed by atoms with Crippen LogP contribution in [0, 0.1) is 0 Å². The Labute approximate surface area is 130 Å². The molecule has 22 heavy (non-hydrogen) atoms. The Morgan fingerprint density at radius 1 is 1.18 bits per heavy atom. The molecule has 0 fully saturated rings. The van der Waals surface area contributed by atoms with E-state index >= 15 is 0 Å². The van der Waals surface area contributed by atoms with E-state index in [-0.39, 0.29) is 0 Å². The number of thioether (sulfide) groups is 1. The van der Waals surface area contributed by atoms with E-state index in [0.29, 0.717) is 17.3 Å². The van der Waals surface area contributed by atoms with Gasteiger partial charge in [0.15, 0.2) is 5.12 Å². The van der Waals surface area contributed by atoms with Gasteiger partial charge < -0.3 is 4.74 Å². The number of ether oxygens (including phenoxy) is 1. The molecule has 0 radical (unpaired) electrons. The van der Waals surface area contributed by atoms with Gasteiger partial charge in [0, 0.05) is 0 Å². The Balaban J connectivity index is 2.17. The number of halogens is 3. The second-order valence-corrected chi connectivity index (χ2v) is 5.90. The first-order valence-corrected chi connectivity index (χ1v) is 7.60. The molecular formula is C16H15F3O2S. The minimum absolute atomic E-state index is 0.314. The van der Waals surface area contributed by atoms with Crippen LogP contribution < -0.4 is 4.74 Å². The van der Waals surface area contributed by atoms with E-state index in [2.05, 4.69) is 0 Å². The van der Waals surface area contributed by atoms with Gasteiger partial charge in [-0.25, -0.2) is 0 Å². The predicted molar refractivity (Wildman–Crippen MR) is 82.4 cm³/mol. The highest BCUT2D eigenvalue weighted by atomic mass is 32.2. The third-order valence-corrected chi connectivity index (χ3v) is 4.41. The summed E-state index contributed by atoms with van der Waals surface area (Å²) in [6, 6.07) is 11.0. The van der Waals surface area contributed by atoms with Crippen molar-refractivity contribution in [3.05, 3.63) is 42.0 Å². The summed E-state index contributed by atoms with van der Waals surface area (Å²) in [4.78, 5) is 11.9. The topological polar surface area (TPSA) is 26.3 Å². The number of benzene rings is 2. The van der Waals surface area contributed by atoms with Crippen LogP contribution in [-0.2, 0) is 4.79 Å². The van der Waals surface area contributed by atoms with Crippen LogP contribution >= 0.6 is 11.8 Å². The third kappa shape index (κ3) is 4.16. The van der Waals surface area contributed by atoms with Crippen molar-refractivity contribution >= 4 is 27.6 Å². The highest BCUT2D eigenvalue weighted by Crippen LogP contribution is 2.30.